The number of halogens is 3. The van der Waals surface area contributed by atoms with Crippen molar-refractivity contribution in [3.8, 4) is 5.75 Å². The molecule has 128 valence electrons. The predicted octanol–water partition coefficient (Wildman–Crippen LogP) is 4.00. The molecular weight excluding hydrogens is 334 g/mol. The number of hydrogen-bond donors (Lipinski definition) is 1. The average molecular weight is 353 g/mol. The van der Waals surface area contributed by atoms with Gasteiger partial charge in [-0.15, -0.1) is 0 Å². The van der Waals surface area contributed by atoms with Crippen LogP contribution in [0.3, 0.4) is 0 Å². The zero-order chi connectivity index (χ0) is 17.1. The van der Waals surface area contributed by atoms with E-state index in [9.17, 15) is 8.78 Å². The maximum absolute atomic E-state index is 14.0. The second-order valence-corrected chi connectivity index (χ2v) is 6.38. The van der Waals surface area contributed by atoms with Gasteiger partial charge >= 0.3 is 0 Å². The third kappa shape index (κ3) is 3.97. The van der Waals surface area contributed by atoms with Crippen molar-refractivity contribution in [1.82, 2.24) is 5.32 Å². The summed E-state index contributed by atoms with van der Waals surface area (Å²) in [5, 5.41) is 3.68. The Morgan fingerprint density at radius 2 is 2.04 bits per heavy atom. The number of nitrogens with zero attached hydrogens (tertiary/aromatic N) is 1. The van der Waals surface area contributed by atoms with Crippen LogP contribution in [0.15, 0.2) is 36.4 Å². The maximum Gasteiger partial charge on any atom is 0.165 e. The number of piperazine rings is 1. The highest BCUT2D eigenvalue weighted by molar-refractivity contribution is 6.30. The van der Waals surface area contributed by atoms with E-state index in [-0.39, 0.29) is 12.4 Å². The van der Waals surface area contributed by atoms with Crippen LogP contribution in [0.4, 0.5) is 14.5 Å². The monoisotopic (exact) mass is 352 g/mol. The molecule has 1 heterocycles. The van der Waals surface area contributed by atoms with E-state index in [0.29, 0.717) is 16.6 Å². The first-order valence-corrected chi connectivity index (χ1v) is 8.25. The van der Waals surface area contributed by atoms with Crippen LogP contribution in [0.5, 0.6) is 5.75 Å². The molecule has 0 amide bonds. The minimum Gasteiger partial charge on any atom is -0.486 e. The lowest BCUT2D eigenvalue weighted by Crippen LogP contribution is -2.49. The largest absolute Gasteiger partial charge is 0.486 e. The molecule has 1 unspecified atom stereocenters. The summed E-state index contributed by atoms with van der Waals surface area (Å²) >= 11 is 5.73. The van der Waals surface area contributed by atoms with Gasteiger partial charge in [0.2, 0.25) is 0 Å². The summed E-state index contributed by atoms with van der Waals surface area (Å²) in [6.45, 7) is 4.63. The summed E-state index contributed by atoms with van der Waals surface area (Å²) in [6, 6.07) is 9.50. The van der Waals surface area contributed by atoms with E-state index in [1.807, 2.05) is 0 Å². The first-order valence-electron chi connectivity index (χ1n) is 7.87. The summed E-state index contributed by atoms with van der Waals surface area (Å²) < 4.78 is 33.3. The zero-order valence-corrected chi connectivity index (χ0v) is 14.1. The van der Waals surface area contributed by atoms with E-state index >= 15 is 0 Å². The predicted molar refractivity (Wildman–Crippen MR) is 91.8 cm³/mol. The Balaban J connectivity index is 1.74. The van der Waals surface area contributed by atoms with Gasteiger partial charge in [-0.2, -0.15) is 0 Å². The molecule has 1 aliphatic rings. The maximum atomic E-state index is 14.0. The molecule has 1 aliphatic heterocycles. The minimum atomic E-state index is -0.463. The second-order valence-electron chi connectivity index (χ2n) is 5.94. The Morgan fingerprint density at radius 1 is 1.21 bits per heavy atom. The van der Waals surface area contributed by atoms with E-state index in [0.717, 1.165) is 25.3 Å². The van der Waals surface area contributed by atoms with Crippen LogP contribution in [0.1, 0.15) is 12.5 Å². The number of benzene rings is 2. The standard InChI is InChI=1S/C18H19ClF2N2O/c1-12-10-23(7-6-22-12)15-4-5-16(20)18(9-15)24-11-13-2-3-14(19)8-17(13)21/h2-5,8-9,12,22H,6-7,10-11H2,1H3. The van der Waals surface area contributed by atoms with Crippen molar-refractivity contribution in [2.45, 2.75) is 19.6 Å². The fourth-order valence-electron chi connectivity index (χ4n) is 2.76. The smallest absolute Gasteiger partial charge is 0.165 e. The van der Waals surface area contributed by atoms with Gasteiger partial charge in [0.1, 0.15) is 12.4 Å². The molecule has 2 aromatic rings. The topological polar surface area (TPSA) is 24.5 Å². The number of nitrogens with one attached hydrogen (secondary N) is 1. The summed E-state index contributed by atoms with van der Waals surface area (Å²) in [4.78, 5) is 2.18. The molecule has 0 radical (unpaired) electrons. The van der Waals surface area contributed by atoms with Crippen molar-refractivity contribution in [3.05, 3.63) is 58.6 Å². The number of anilines is 1. The fourth-order valence-corrected chi connectivity index (χ4v) is 2.92. The van der Waals surface area contributed by atoms with E-state index in [2.05, 4.69) is 17.1 Å². The lowest BCUT2D eigenvalue weighted by Gasteiger charge is -2.33. The van der Waals surface area contributed by atoms with Gasteiger partial charge in [-0.1, -0.05) is 17.7 Å². The van der Waals surface area contributed by atoms with E-state index in [1.54, 1.807) is 18.2 Å². The Morgan fingerprint density at radius 3 is 2.79 bits per heavy atom. The van der Waals surface area contributed by atoms with E-state index in [1.165, 1.54) is 18.2 Å². The molecule has 6 heteroatoms. The Kier molecular flexibility index (Phi) is 5.21. The molecular formula is C18H19ClF2N2O. The van der Waals surface area contributed by atoms with Gasteiger partial charge in [-0.25, -0.2) is 8.78 Å². The van der Waals surface area contributed by atoms with Gasteiger partial charge in [0.05, 0.1) is 0 Å². The summed E-state index contributed by atoms with van der Waals surface area (Å²) in [6.07, 6.45) is 0. The highest BCUT2D eigenvalue weighted by Crippen LogP contribution is 2.27. The van der Waals surface area contributed by atoms with Crippen molar-refractivity contribution in [3.63, 3.8) is 0 Å². The molecule has 1 saturated heterocycles. The summed E-state index contributed by atoms with van der Waals surface area (Å²) in [5.41, 5.74) is 1.23. The molecule has 0 bridgehead atoms. The van der Waals surface area contributed by atoms with Crippen LogP contribution in [0.2, 0.25) is 5.02 Å². The molecule has 3 nitrogen and oxygen atoms in total. The van der Waals surface area contributed by atoms with Crippen LogP contribution in [0.25, 0.3) is 0 Å². The van der Waals surface area contributed by atoms with Crippen molar-refractivity contribution < 1.29 is 13.5 Å². The molecule has 3 rings (SSSR count). The van der Waals surface area contributed by atoms with E-state index < -0.39 is 11.6 Å². The molecule has 0 saturated carbocycles. The lowest BCUT2D eigenvalue weighted by molar-refractivity contribution is 0.285. The number of hydrogen-bond acceptors (Lipinski definition) is 3. The third-order valence-electron chi connectivity index (χ3n) is 4.05. The molecule has 0 aromatic heterocycles. The Bertz CT molecular complexity index is 726. The Labute approximate surface area is 145 Å². The number of rotatable bonds is 4. The Hall–Kier alpha value is -1.85. The van der Waals surface area contributed by atoms with Crippen LogP contribution < -0.4 is 15.0 Å². The molecule has 1 fully saturated rings. The van der Waals surface area contributed by atoms with Gasteiger partial charge in [0.15, 0.2) is 11.6 Å². The molecule has 1 atom stereocenters. The summed E-state index contributed by atoms with van der Waals surface area (Å²) in [7, 11) is 0. The van der Waals surface area contributed by atoms with Gasteiger partial charge in [-0.3, -0.25) is 0 Å². The molecule has 0 spiro atoms. The van der Waals surface area contributed by atoms with Gasteiger partial charge in [0.25, 0.3) is 0 Å². The second kappa shape index (κ2) is 7.36. The van der Waals surface area contributed by atoms with Crippen molar-refractivity contribution in [2.75, 3.05) is 24.5 Å². The average Bonchev–Trinajstić information content (AvgIpc) is 2.55. The van der Waals surface area contributed by atoms with Gasteiger partial charge in [-0.05, 0) is 31.2 Å². The van der Waals surface area contributed by atoms with Gasteiger partial charge in [0, 0.05) is 48.0 Å². The molecule has 0 aliphatic carbocycles. The fraction of sp³-hybridized carbons (Fsp3) is 0.333. The van der Waals surface area contributed by atoms with Crippen LogP contribution in [-0.2, 0) is 6.61 Å². The SMILES string of the molecule is CC1CN(c2ccc(F)c(OCc3ccc(Cl)cc3F)c2)CCN1. The third-order valence-corrected chi connectivity index (χ3v) is 4.28. The van der Waals surface area contributed by atoms with Crippen molar-refractivity contribution in [2.24, 2.45) is 0 Å². The van der Waals surface area contributed by atoms with Crippen LogP contribution >= 0.6 is 11.6 Å². The zero-order valence-electron chi connectivity index (χ0n) is 13.4. The normalized spacial score (nSPS) is 17.8. The number of ether oxygens (including phenoxy) is 1. The highest BCUT2D eigenvalue weighted by atomic mass is 35.5. The molecule has 2 aromatic carbocycles. The quantitative estimate of drug-likeness (QED) is 0.900. The molecule has 1 N–H and O–H groups in total. The van der Waals surface area contributed by atoms with Crippen LogP contribution in [-0.4, -0.2) is 25.7 Å². The lowest BCUT2D eigenvalue weighted by atomic mass is 10.2. The van der Waals surface area contributed by atoms with Gasteiger partial charge < -0.3 is 15.0 Å². The summed E-state index contributed by atoms with van der Waals surface area (Å²) in [5.74, 6) is -0.806. The molecule has 24 heavy (non-hydrogen) atoms. The highest BCUT2D eigenvalue weighted by Gasteiger charge is 2.17. The van der Waals surface area contributed by atoms with E-state index in [4.69, 9.17) is 16.3 Å². The van der Waals surface area contributed by atoms with Crippen LogP contribution in [0, 0.1) is 11.6 Å². The van der Waals surface area contributed by atoms with Crippen molar-refractivity contribution in [1.29, 1.82) is 0 Å². The minimum absolute atomic E-state index is 0.0542. The first-order chi connectivity index (χ1) is 11.5. The van der Waals surface area contributed by atoms with Crippen molar-refractivity contribution >= 4 is 17.3 Å². The first kappa shape index (κ1) is 17.0.